The van der Waals surface area contributed by atoms with E-state index in [9.17, 15) is 13.9 Å². The average Bonchev–Trinajstić information content (AvgIpc) is 3.76. The van der Waals surface area contributed by atoms with Crippen LogP contribution in [0.1, 0.15) is 54.8 Å². The zero-order valence-corrected chi connectivity index (χ0v) is 32.1. The predicted octanol–water partition coefficient (Wildman–Crippen LogP) is 7.29. The number of fused-ring (bicyclic) bond motifs is 2. The van der Waals surface area contributed by atoms with Crippen molar-refractivity contribution in [1.29, 1.82) is 5.26 Å². The molecule has 4 N–H and O–H groups in total. The zero-order chi connectivity index (χ0) is 40.4. The molecule has 2 saturated heterocycles. The van der Waals surface area contributed by atoms with E-state index in [0.717, 1.165) is 18.6 Å². The van der Waals surface area contributed by atoms with Gasteiger partial charge in [-0.3, -0.25) is 9.11 Å². The van der Waals surface area contributed by atoms with Crippen molar-refractivity contribution in [3.63, 3.8) is 0 Å². The van der Waals surface area contributed by atoms with Crippen molar-refractivity contribution >= 4 is 59.8 Å². The van der Waals surface area contributed by atoms with Gasteiger partial charge in [0.15, 0.2) is 5.82 Å². The first-order chi connectivity index (χ1) is 27.2. The Kier molecular flexibility index (Phi) is 10.1. The predicted molar refractivity (Wildman–Crippen MR) is 205 cm³/mol. The van der Waals surface area contributed by atoms with Crippen LogP contribution in [0.4, 0.5) is 43.0 Å². The van der Waals surface area contributed by atoms with Crippen LogP contribution in [-0.2, 0) is 17.0 Å². The maximum absolute atomic E-state index is 17.6. The molecule has 1 unspecified atom stereocenters. The molecule has 3 aliphatic heterocycles. The standard InChI is InChI=1S/C38H36F6N8O3S2/c1-57(53)14-3-6-24(20-5-2-10-48-33(20)46)52-12-13-54-31-27-30(49-36(50-35(27)52)55-18-37-9-4-11-51(37)17-19(39)15-37)29(41)26(28(31)38(42,43)44)21-7-8-23(40)32-25(21)22(16-45)34(47)56-32/h2,5,7-8,10,19,24H,3-4,6,9,11-15,17-18,47H2,1H3,(H2,46,48)/t19-,24-,37+,57?/m1/s1. The first-order valence-corrected chi connectivity index (χ1v) is 20.7. The molecule has 8 rings (SSSR count). The number of nitriles is 1. The van der Waals surface area contributed by atoms with E-state index in [0.29, 0.717) is 48.5 Å². The van der Waals surface area contributed by atoms with Gasteiger partial charge in [0.05, 0.1) is 33.8 Å². The fourth-order valence-electron chi connectivity index (χ4n) is 8.69. The summed E-state index contributed by atoms with van der Waals surface area (Å²) in [5.74, 6) is -2.80. The molecule has 0 bridgehead atoms. The quantitative estimate of drug-likeness (QED) is 0.136. The number of aromatic nitrogens is 3. The van der Waals surface area contributed by atoms with E-state index in [-0.39, 0.29) is 71.0 Å². The Morgan fingerprint density at radius 1 is 1.19 bits per heavy atom. The van der Waals surface area contributed by atoms with Gasteiger partial charge in [0.2, 0.25) is 0 Å². The smallest absolute Gasteiger partial charge is 0.420 e. The third-order valence-electron chi connectivity index (χ3n) is 11.1. The molecule has 300 valence electrons. The summed E-state index contributed by atoms with van der Waals surface area (Å²) in [5.41, 5.74) is 8.33. The van der Waals surface area contributed by atoms with Crippen molar-refractivity contribution in [2.24, 2.45) is 0 Å². The van der Waals surface area contributed by atoms with Crippen LogP contribution >= 0.6 is 11.3 Å². The number of alkyl halides is 4. The SMILES string of the molecule is CS(=O)CCC[C@H](c1cccnc1N)N1CCOc2c(C(F)(F)F)c(-c3ccc(F)c4sc(N)c(C#N)c34)c(F)c3nc(OC[C@@]45CCCN4C[C@H](F)C5)nc1c23. The second-order valence-corrected chi connectivity index (χ2v) is 17.1. The third-order valence-corrected chi connectivity index (χ3v) is 13.0. The van der Waals surface area contributed by atoms with Crippen molar-refractivity contribution in [2.45, 2.75) is 56.0 Å². The van der Waals surface area contributed by atoms with Crippen LogP contribution in [0.5, 0.6) is 11.8 Å². The molecule has 0 radical (unpaired) electrons. The van der Waals surface area contributed by atoms with Crippen LogP contribution in [0, 0.1) is 23.0 Å². The summed E-state index contributed by atoms with van der Waals surface area (Å²) < 4.78 is 118. The summed E-state index contributed by atoms with van der Waals surface area (Å²) in [4.78, 5) is 17.0. The molecule has 57 heavy (non-hydrogen) atoms. The number of hydrogen-bond acceptors (Lipinski definition) is 12. The van der Waals surface area contributed by atoms with Gasteiger partial charge in [0.25, 0.3) is 0 Å². The van der Waals surface area contributed by atoms with E-state index in [1.54, 1.807) is 23.3 Å². The first-order valence-electron chi connectivity index (χ1n) is 18.2. The highest BCUT2D eigenvalue weighted by Crippen LogP contribution is 2.54. The molecule has 19 heteroatoms. The van der Waals surface area contributed by atoms with Gasteiger partial charge in [0, 0.05) is 58.5 Å². The average molecular weight is 831 g/mol. The third kappa shape index (κ3) is 6.74. The van der Waals surface area contributed by atoms with Gasteiger partial charge in [-0.15, -0.1) is 11.3 Å². The molecule has 6 heterocycles. The van der Waals surface area contributed by atoms with E-state index in [1.165, 1.54) is 6.20 Å². The molecule has 3 aliphatic rings. The van der Waals surface area contributed by atoms with Crippen molar-refractivity contribution in [1.82, 2.24) is 19.9 Å². The highest BCUT2D eigenvalue weighted by atomic mass is 32.2. The number of hydrogen-bond donors (Lipinski definition) is 2. The van der Waals surface area contributed by atoms with Crippen molar-refractivity contribution in [3.05, 3.63) is 58.8 Å². The van der Waals surface area contributed by atoms with Crippen molar-refractivity contribution in [2.75, 3.05) is 61.2 Å². The molecule has 11 nitrogen and oxygen atoms in total. The van der Waals surface area contributed by atoms with Gasteiger partial charge in [-0.2, -0.15) is 28.4 Å². The molecule has 0 saturated carbocycles. The highest BCUT2D eigenvalue weighted by molar-refractivity contribution is 7.84. The lowest BCUT2D eigenvalue weighted by molar-refractivity contribution is -0.138. The number of thiophene rings is 1. The lowest BCUT2D eigenvalue weighted by Crippen LogP contribution is -2.43. The number of ether oxygens (including phenoxy) is 2. The fraction of sp³-hybridized carbons (Fsp3) is 0.421. The maximum Gasteiger partial charge on any atom is 0.420 e. The summed E-state index contributed by atoms with van der Waals surface area (Å²) in [5, 5.41) is 9.13. The fourth-order valence-corrected chi connectivity index (χ4v) is 10.2. The Morgan fingerprint density at radius 3 is 2.74 bits per heavy atom. The van der Waals surface area contributed by atoms with E-state index in [2.05, 4.69) is 15.0 Å². The molecular formula is C38H36F6N8O3S2. The summed E-state index contributed by atoms with van der Waals surface area (Å²) in [6.07, 6.45) is -1.01. The molecule has 3 aromatic heterocycles. The van der Waals surface area contributed by atoms with Gasteiger partial charge >= 0.3 is 12.2 Å². The van der Waals surface area contributed by atoms with E-state index in [1.807, 2.05) is 11.0 Å². The monoisotopic (exact) mass is 830 g/mol. The number of nitrogen functional groups attached to an aromatic ring is 2. The Balaban J connectivity index is 1.41. The Morgan fingerprint density at radius 2 is 2.00 bits per heavy atom. The Hall–Kier alpha value is -4.93. The number of pyridine rings is 1. The minimum Gasteiger partial charge on any atom is -0.490 e. The normalized spacial score (nSPS) is 20.7. The number of nitrogens with zero attached hydrogens (tertiary/aromatic N) is 6. The van der Waals surface area contributed by atoms with Crippen LogP contribution in [0.2, 0.25) is 0 Å². The largest absolute Gasteiger partial charge is 0.490 e. The van der Waals surface area contributed by atoms with Crippen LogP contribution in [0.15, 0.2) is 30.5 Å². The van der Waals surface area contributed by atoms with Gasteiger partial charge in [-0.25, -0.2) is 18.2 Å². The molecule has 2 aromatic carbocycles. The van der Waals surface area contributed by atoms with Gasteiger partial charge in [0.1, 0.15) is 64.7 Å². The topological polar surface area (TPSA) is 157 Å². The summed E-state index contributed by atoms with van der Waals surface area (Å²) >= 11 is 0.655. The molecule has 5 aromatic rings. The molecule has 0 amide bonds. The number of benzene rings is 2. The van der Waals surface area contributed by atoms with E-state index < -0.39 is 79.7 Å². The number of rotatable bonds is 10. The summed E-state index contributed by atoms with van der Waals surface area (Å²) in [6.45, 7) is 0.373. The van der Waals surface area contributed by atoms with Gasteiger partial charge in [-0.05, 0) is 49.9 Å². The van der Waals surface area contributed by atoms with Crippen LogP contribution in [-0.4, -0.2) is 80.6 Å². The molecular weight excluding hydrogens is 795 g/mol. The van der Waals surface area contributed by atoms with E-state index >= 15 is 22.0 Å². The molecule has 0 spiro atoms. The Labute approximate surface area is 329 Å². The van der Waals surface area contributed by atoms with Crippen LogP contribution in [0.3, 0.4) is 0 Å². The minimum atomic E-state index is -5.27. The lowest BCUT2D eigenvalue weighted by atomic mass is 9.91. The summed E-state index contributed by atoms with van der Waals surface area (Å²) in [6, 6.07) is 5.95. The number of anilines is 3. The van der Waals surface area contributed by atoms with Crippen molar-refractivity contribution < 1.29 is 40.0 Å². The van der Waals surface area contributed by atoms with Crippen LogP contribution in [0.25, 0.3) is 32.1 Å². The van der Waals surface area contributed by atoms with Crippen molar-refractivity contribution in [3.8, 4) is 29.0 Å². The van der Waals surface area contributed by atoms with E-state index in [4.69, 9.17) is 20.9 Å². The summed E-state index contributed by atoms with van der Waals surface area (Å²) in [7, 11) is -1.17. The number of halogens is 6. The molecule has 2 fully saturated rings. The Bertz CT molecular complexity index is 2480. The second kappa shape index (κ2) is 14.8. The molecule has 4 atom stereocenters. The first kappa shape index (κ1) is 38.9. The maximum atomic E-state index is 17.6. The van der Waals surface area contributed by atoms with Gasteiger partial charge < -0.3 is 25.8 Å². The molecule has 0 aliphatic carbocycles. The highest BCUT2D eigenvalue weighted by Gasteiger charge is 2.50. The second-order valence-electron chi connectivity index (χ2n) is 14.5. The van der Waals surface area contributed by atoms with Gasteiger partial charge in [-0.1, -0.05) is 12.1 Å². The van der Waals surface area contributed by atoms with Crippen LogP contribution < -0.4 is 25.8 Å². The lowest BCUT2D eigenvalue weighted by Gasteiger charge is -2.33. The number of nitrogens with two attached hydrogens (primary N) is 2. The zero-order valence-electron chi connectivity index (χ0n) is 30.5. The minimum absolute atomic E-state index is 0.0730.